The number of aryl methyl sites for hydroxylation is 2. The van der Waals surface area contributed by atoms with Crippen LogP contribution in [0.15, 0.2) is 24.4 Å². The highest BCUT2D eigenvalue weighted by atomic mass is 35.5. The molecule has 5 heteroatoms. The highest BCUT2D eigenvalue weighted by molar-refractivity contribution is 6.33. The third kappa shape index (κ3) is 2.65. The number of hydrogen-bond donors (Lipinski definition) is 2. The quantitative estimate of drug-likeness (QED) is 0.857. The van der Waals surface area contributed by atoms with Crippen LogP contribution >= 0.6 is 11.6 Å². The topological polar surface area (TPSA) is 63.8 Å². The molecule has 1 aromatic heterocycles. The molecule has 0 spiro atoms. The average Bonchev–Trinajstić information content (AvgIpc) is 2.28. The molecule has 0 saturated carbocycles. The van der Waals surface area contributed by atoms with Gasteiger partial charge in [0.15, 0.2) is 0 Å². The van der Waals surface area contributed by atoms with Crippen LogP contribution in [0.3, 0.4) is 0 Å². The zero-order valence-electron chi connectivity index (χ0n) is 9.66. The van der Waals surface area contributed by atoms with Gasteiger partial charge in [0.25, 0.3) is 0 Å². The first-order valence-electron chi connectivity index (χ1n) is 5.18. The molecule has 88 valence electrons. The first kappa shape index (κ1) is 11.7. The molecular weight excluding hydrogens is 236 g/mol. The van der Waals surface area contributed by atoms with Gasteiger partial charge in [-0.3, -0.25) is 0 Å². The normalized spacial score (nSPS) is 10.3. The Kier molecular flexibility index (Phi) is 3.15. The number of nitrogens with two attached hydrogens (primary N) is 1. The zero-order chi connectivity index (χ0) is 12.4. The van der Waals surface area contributed by atoms with Gasteiger partial charge < -0.3 is 11.1 Å². The van der Waals surface area contributed by atoms with Crippen molar-refractivity contribution in [2.45, 2.75) is 13.8 Å². The Bertz CT molecular complexity index is 505. The summed E-state index contributed by atoms with van der Waals surface area (Å²) >= 11 is 6.10. The maximum absolute atomic E-state index is 6.10. The largest absolute Gasteiger partial charge is 0.368 e. The molecule has 0 unspecified atom stereocenters. The number of anilines is 3. The molecule has 0 atom stereocenters. The molecule has 0 radical (unpaired) electrons. The summed E-state index contributed by atoms with van der Waals surface area (Å²) in [5.74, 6) is 0.909. The van der Waals surface area contributed by atoms with Gasteiger partial charge in [-0.25, -0.2) is 4.98 Å². The minimum absolute atomic E-state index is 0.238. The van der Waals surface area contributed by atoms with Crippen molar-refractivity contribution in [3.05, 3.63) is 40.5 Å². The van der Waals surface area contributed by atoms with E-state index in [1.165, 1.54) is 0 Å². The third-order valence-corrected chi connectivity index (χ3v) is 2.69. The number of nitrogens with zero attached hydrogens (tertiary/aromatic N) is 2. The van der Waals surface area contributed by atoms with Crippen LogP contribution in [0.4, 0.5) is 17.5 Å². The van der Waals surface area contributed by atoms with Crippen molar-refractivity contribution in [2.24, 2.45) is 0 Å². The van der Waals surface area contributed by atoms with E-state index in [4.69, 9.17) is 17.3 Å². The number of nitrogen functional groups attached to an aromatic ring is 1. The summed E-state index contributed by atoms with van der Waals surface area (Å²) in [4.78, 5) is 8.05. The molecule has 4 nitrogen and oxygen atoms in total. The van der Waals surface area contributed by atoms with Gasteiger partial charge in [-0.1, -0.05) is 17.7 Å². The van der Waals surface area contributed by atoms with Crippen LogP contribution in [0.1, 0.15) is 11.1 Å². The summed E-state index contributed by atoms with van der Waals surface area (Å²) in [5, 5.41) is 3.80. The van der Waals surface area contributed by atoms with Crippen molar-refractivity contribution >= 4 is 29.1 Å². The van der Waals surface area contributed by atoms with Gasteiger partial charge in [-0.15, -0.1) is 0 Å². The molecule has 0 aliphatic heterocycles. The second kappa shape index (κ2) is 4.59. The van der Waals surface area contributed by atoms with E-state index in [1.54, 1.807) is 6.20 Å². The smallest absolute Gasteiger partial charge is 0.221 e. The van der Waals surface area contributed by atoms with Crippen molar-refractivity contribution in [1.82, 2.24) is 9.97 Å². The van der Waals surface area contributed by atoms with Crippen molar-refractivity contribution in [1.29, 1.82) is 0 Å². The number of halogens is 1. The summed E-state index contributed by atoms with van der Waals surface area (Å²) in [6.07, 6.45) is 1.67. The third-order valence-electron chi connectivity index (χ3n) is 2.37. The number of aromatic nitrogens is 2. The molecule has 0 fully saturated rings. The summed E-state index contributed by atoms with van der Waals surface area (Å²) in [6.45, 7) is 3.91. The highest BCUT2D eigenvalue weighted by Gasteiger charge is 2.05. The molecule has 2 rings (SSSR count). The van der Waals surface area contributed by atoms with E-state index in [9.17, 15) is 0 Å². The monoisotopic (exact) mass is 248 g/mol. The van der Waals surface area contributed by atoms with Gasteiger partial charge in [0.05, 0.1) is 10.7 Å². The Morgan fingerprint density at radius 3 is 2.82 bits per heavy atom. The lowest BCUT2D eigenvalue weighted by Crippen LogP contribution is -2.02. The molecule has 2 aromatic rings. The second-order valence-electron chi connectivity index (χ2n) is 3.87. The van der Waals surface area contributed by atoms with E-state index in [0.29, 0.717) is 10.8 Å². The van der Waals surface area contributed by atoms with Crippen LogP contribution in [0.5, 0.6) is 0 Å². The molecule has 1 heterocycles. The molecule has 0 aliphatic rings. The van der Waals surface area contributed by atoms with Crippen LogP contribution in [0.2, 0.25) is 5.02 Å². The van der Waals surface area contributed by atoms with Crippen molar-refractivity contribution in [3.8, 4) is 0 Å². The summed E-state index contributed by atoms with van der Waals surface area (Å²) < 4.78 is 0. The van der Waals surface area contributed by atoms with Crippen LogP contribution in [0.25, 0.3) is 0 Å². The fraction of sp³-hybridized carbons (Fsp3) is 0.167. The Hall–Kier alpha value is -1.81. The molecule has 1 aromatic carbocycles. The van der Waals surface area contributed by atoms with Crippen molar-refractivity contribution in [2.75, 3.05) is 11.1 Å². The van der Waals surface area contributed by atoms with Gasteiger partial charge in [-0.05, 0) is 31.5 Å². The Balaban J connectivity index is 2.37. The predicted molar refractivity (Wildman–Crippen MR) is 70.7 cm³/mol. The summed E-state index contributed by atoms with van der Waals surface area (Å²) in [5.41, 5.74) is 8.40. The van der Waals surface area contributed by atoms with E-state index in [1.807, 2.05) is 32.0 Å². The van der Waals surface area contributed by atoms with Crippen LogP contribution in [0, 0.1) is 13.8 Å². The molecular formula is C12H13ClN4. The summed E-state index contributed by atoms with van der Waals surface area (Å²) in [7, 11) is 0. The maximum atomic E-state index is 6.10. The number of nitrogens with one attached hydrogen (secondary N) is 1. The van der Waals surface area contributed by atoms with Gasteiger partial charge in [0.2, 0.25) is 5.95 Å². The summed E-state index contributed by atoms with van der Waals surface area (Å²) in [6, 6.07) is 5.76. The van der Waals surface area contributed by atoms with E-state index >= 15 is 0 Å². The van der Waals surface area contributed by atoms with E-state index in [-0.39, 0.29) is 5.95 Å². The zero-order valence-corrected chi connectivity index (χ0v) is 10.4. The molecule has 17 heavy (non-hydrogen) atoms. The van der Waals surface area contributed by atoms with Gasteiger partial charge in [0, 0.05) is 11.8 Å². The van der Waals surface area contributed by atoms with Gasteiger partial charge >= 0.3 is 0 Å². The lowest BCUT2D eigenvalue weighted by atomic mass is 10.2. The average molecular weight is 249 g/mol. The molecule has 0 aliphatic carbocycles. The van der Waals surface area contributed by atoms with E-state index in [2.05, 4.69) is 15.3 Å². The van der Waals surface area contributed by atoms with Gasteiger partial charge in [-0.2, -0.15) is 4.98 Å². The predicted octanol–water partition coefficient (Wildman–Crippen LogP) is 3.07. The lowest BCUT2D eigenvalue weighted by molar-refractivity contribution is 1.15. The maximum Gasteiger partial charge on any atom is 0.221 e. The van der Waals surface area contributed by atoms with Crippen molar-refractivity contribution < 1.29 is 0 Å². The number of rotatable bonds is 2. The number of hydrogen-bond acceptors (Lipinski definition) is 4. The lowest BCUT2D eigenvalue weighted by Gasteiger charge is -2.10. The highest BCUT2D eigenvalue weighted by Crippen LogP contribution is 2.26. The first-order valence-corrected chi connectivity index (χ1v) is 5.56. The standard InChI is InChI=1S/C12H13ClN4/c1-7-3-4-9(13)10(5-7)16-11-8(2)6-15-12(14)17-11/h3-6H,1-2H3,(H3,14,15,16,17). The molecule has 0 amide bonds. The molecule has 0 saturated heterocycles. The minimum atomic E-state index is 0.238. The fourth-order valence-corrected chi connectivity index (χ4v) is 1.61. The van der Waals surface area contributed by atoms with Gasteiger partial charge in [0.1, 0.15) is 5.82 Å². The Morgan fingerprint density at radius 2 is 2.06 bits per heavy atom. The molecule has 0 bridgehead atoms. The van der Waals surface area contributed by atoms with Crippen LogP contribution in [-0.2, 0) is 0 Å². The fourth-order valence-electron chi connectivity index (χ4n) is 1.44. The number of benzene rings is 1. The Morgan fingerprint density at radius 1 is 1.29 bits per heavy atom. The molecule has 3 N–H and O–H groups in total. The van der Waals surface area contributed by atoms with Crippen molar-refractivity contribution in [3.63, 3.8) is 0 Å². The second-order valence-corrected chi connectivity index (χ2v) is 4.28. The SMILES string of the molecule is Cc1ccc(Cl)c(Nc2nc(N)ncc2C)c1. The first-order chi connectivity index (χ1) is 8.06. The van der Waals surface area contributed by atoms with E-state index in [0.717, 1.165) is 16.8 Å². The minimum Gasteiger partial charge on any atom is -0.368 e. The van der Waals surface area contributed by atoms with Crippen LogP contribution in [-0.4, -0.2) is 9.97 Å². The van der Waals surface area contributed by atoms with Crippen LogP contribution < -0.4 is 11.1 Å². The Labute approximate surface area is 105 Å². The van der Waals surface area contributed by atoms with E-state index < -0.39 is 0 Å².